The number of carbonyl (C=O) groups excluding carboxylic acids is 1. The number of benzene rings is 2. The smallest absolute Gasteiger partial charge is 0.232 e. The molecule has 1 unspecified atom stereocenters. The van der Waals surface area contributed by atoms with Gasteiger partial charge in [0.25, 0.3) is 0 Å². The lowest BCUT2D eigenvalue weighted by Gasteiger charge is -2.38. The van der Waals surface area contributed by atoms with Crippen LogP contribution in [-0.2, 0) is 10.2 Å². The number of aliphatic hydroxyl groups excluding tert-OH is 1. The van der Waals surface area contributed by atoms with Crippen LogP contribution in [0.15, 0.2) is 60.7 Å². The quantitative estimate of drug-likeness (QED) is 0.918. The summed E-state index contributed by atoms with van der Waals surface area (Å²) in [6.07, 6.45) is 1.24. The summed E-state index contributed by atoms with van der Waals surface area (Å²) in [5.41, 5.74) is 1.50. The Morgan fingerprint density at radius 2 is 1.52 bits per heavy atom. The van der Waals surface area contributed by atoms with Crippen molar-refractivity contribution in [2.75, 3.05) is 13.1 Å². The average molecular weight is 337 g/mol. The molecule has 0 bridgehead atoms. The molecule has 1 N–H and O–H groups in total. The minimum Gasteiger partial charge on any atom is -0.388 e. The second-order valence-electron chi connectivity index (χ2n) is 7.48. The number of hydrogen-bond donors (Lipinski definition) is 1. The zero-order valence-electron chi connectivity index (χ0n) is 15.1. The highest BCUT2D eigenvalue weighted by molar-refractivity contribution is 5.87. The van der Waals surface area contributed by atoms with Crippen LogP contribution in [0.5, 0.6) is 0 Å². The predicted molar refractivity (Wildman–Crippen MR) is 100 cm³/mol. The van der Waals surface area contributed by atoms with Crippen molar-refractivity contribution in [1.29, 1.82) is 0 Å². The molecule has 2 aromatic rings. The van der Waals surface area contributed by atoms with Gasteiger partial charge in [-0.1, -0.05) is 60.7 Å². The topological polar surface area (TPSA) is 40.5 Å². The lowest BCUT2D eigenvalue weighted by Crippen LogP contribution is -2.47. The Balaban J connectivity index is 1.63. The minimum absolute atomic E-state index is 0.173. The summed E-state index contributed by atoms with van der Waals surface area (Å²) in [5.74, 6) is 0.387. The van der Waals surface area contributed by atoms with Gasteiger partial charge >= 0.3 is 0 Å². The van der Waals surface area contributed by atoms with Crippen LogP contribution in [0, 0.1) is 5.92 Å². The van der Waals surface area contributed by atoms with Gasteiger partial charge in [0.1, 0.15) is 0 Å². The number of nitrogens with zero attached hydrogens (tertiary/aromatic N) is 1. The molecule has 3 rings (SSSR count). The van der Waals surface area contributed by atoms with Crippen molar-refractivity contribution in [3.05, 3.63) is 71.8 Å². The molecule has 1 saturated heterocycles. The minimum atomic E-state index is -0.522. The Kier molecular flexibility index (Phi) is 5.24. The van der Waals surface area contributed by atoms with Gasteiger partial charge in [0.05, 0.1) is 11.5 Å². The van der Waals surface area contributed by atoms with Crippen molar-refractivity contribution in [2.45, 2.75) is 38.2 Å². The van der Waals surface area contributed by atoms with Crippen molar-refractivity contribution in [3.8, 4) is 0 Å². The van der Waals surface area contributed by atoms with Gasteiger partial charge in [-0.05, 0) is 43.7 Å². The number of hydrogen-bond acceptors (Lipinski definition) is 2. The fraction of sp³-hybridized carbons (Fsp3) is 0.409. The summed E-state index contributed by atoms with van der Waals surface area (Å²) in [7, 11) is 0. The van der Waals surface area contributed by atoms with E-state index in [1.54, 1.807) is 0 Å². The Hall–Kier alpha value is -2.13. The second kappa shape index (κ2) is 7.40. The molecule has 3 heteroatoms. The maximum Gasteiger partial charge on any atom is 0.232 e. The number of piperidine rings is 1. The molecule has 0 saturated carbocycles. The van der Waals surface area contributed by atoms with Gasteiger partial charge in [-0.2, -0.15) is 0 Å². The predicted octanol–water partition coefficient (Wildman–Crippen LogP) is 3.94. The van der Waals surface area contributed by atoms with Gasteiger partial charge in [-0.25, -0.2) is 0 Å². The fourth-order valence-corrected chi connectivity index (χ4v) is 3.71. The number of amides is 1. The largest absolute Gasteiger partial charge is 0.388 e. The van der Waals surface area contributed by atoms with Crippen molar-refractivity contribution >= 4 is 5.91 Å². The molecule has 132 valence electrons. The molecule has 2 aromatic carbocycles. The first-order chi connectivity index (χ1) is 12.0. The summed E-state index contributed by atoms with van der Waals surface area (Å²) in [4.78, 5) is 15.0. The number of aliphatic hydroxyl groups is 1. The Bertz CT molecular complexity index is 688. The summed E-state index contributed by atoms with van der Waals surface area (Å²) in [5, 5.41) is 10.6. The van der Waals surface area contributed by atoms with Crippen molar-refractivity contribution in [3.63, 3.8) is 0 Å². The Morgan fingerprint density at radius 3 is 2.08 bits per heavy atom. The first-order valence-corrected chi connectivity index (χ1v) is 9.08. The normalized spacial score (nSPS) is 17.3. The van der Waals surface area contributed by atoms with E-state index in [2.05, 4.69) is 0 Å². The van der Waals surface area contributed by atoms with E-state index in [0.717, 1.165) is 24.0 Å². The monoisotopic (exact) mass is 337 g/mol. The Morgan fingerprint density at radius 1 is 1.00 bits per heavy atom. The molecule has 0 spiro atoms. The highest BCUT2D eigenvalue weighted by Crippen LogP contribution is 2.33. The van der Waals surface area contributed by atoms with Gasteiger partial charge < -0.3 is 10.0 Å². The number of rotatable bonds is 4. The molecule has 0 aliphatic carbocycles. The van der Waals surface area contributed by atoms with Crippen LogP contribution in [0.25, 0.3) is 0 Å². The third-order valence-electron chi connectivity index (χ3n) is 5.44. The fourth-order valence-electron chi connectivity index (χ4n) is 3.71. The molecule has 3 nitrogen and oxygen atoms in total. The lowest BCUT2D eigenvalue weighted by atomic mass is 9.81. The summed E-state index contributed by atoms with van der Waals surface area (Å²) in [6.45, 7) is 5.42. The van der Waals surface area contributed by atoms with Crippen LogP contribution >= 0.6 is 0 Å². The van der Waals surface area contributed by atoms with Crippen molar-refractivity contribution < 1.29 is 9.90 Å². The summed E-state index contributed by atoms with van der Waals surface area (Å²) < 4.78 is 0. The van der Waals surface area contributed by atoms with E-state index in [1.165, 1.54) is 0 Å². The van der Waals surface area contributed by atoms with E-state index in [4.69, 9.17) is 0 Å². The first-order valence-electron chi connectivity index (χ1n) is 9.08. The SMILES string of the molecule is CC(C)(C(=O)N1CCC(C(O)c2ccccc2)CC1)c1ccccc1. The molecule has 1 aliphatic heterocycles. The van der Waals surface area contributed by atoms with Crippen LogP contribution < -0.4 is 0 Å². The molecular formula is C22H27NO2. The van der Waals surface area contributed by atoms with Gasteiger partial charge in [0.15, 0.2) is 0 Å². The van der Waals surface area contributed by atoms with Gasteiger partial charge in [-0.15, -0.1) is 0 Å². The van der Waals surface area contributed by atoms with Crippen LogP contribution in [-0.4, -0.2) is 29.0 Å². The van der Waals surface area contributed by atoms with Gasteiger partial charge in [0, 0.05) is 13.1 Å². The zero-order chi connectivity index (χ0) is 17.9. The third kappa shape index (κ3) is 3.77. The molecular weight excluding hydrogens is 310 g/mol. The van der Waals surface area contributed by atoms with E-state index in [1.807, 2.05) is 79.4 Å². The molecule has 1 heterocycles. The second-order valence-corrected chi connectivity index (χ2v) is 7.48. The molecule has 1 fully saturated rings. The van der Waals surface area contributed by atoms with Crippen LogP contribution in [0.4, 0.5) is 0 Å². The average Bonchev–Trinajstić information content (AvgIpc) is 2.68. The van der Waals surface area contributed by atoms with E-state index in [-0.39, 0.29) is 11.8 Å². The van der Waals surface area contributed by atoms with E-state index < -0.39 is 11.5 Å². The first kappa shape index (κ1) is 17.7. The summed E-state index contributed by atoms with van der Waals surface area (Å²) >= 11 is 0. The third-order valence-corrected chi connectivity index (χ3v) is 5.44. The molecule has 1 atom stereocenters. The van der Waals surface area contributed by atoms with Crippen LogP contribution in [0.2, 0.25) is 0 Å². The summed E-state index contributed by atoms with van der Waals surface area (Å²) in [6, 6.07) is 19.8. The van der Waals surface area contributed by atoms with E-state index in [9.17, 15) is 9.90 Å². The maximum atomic E-state index is 13.0. The number of likely N-dealkylation sites (tertiary alicyclic amines) is 1. The zero-order valence-corrected chi connectivity index (χ0v) is 15.1. The van der Waals surface area contributed by atoms with E-state index in [0.29, 0.717) is 13.1 Å². The Labute approximate surface area is 150 Å². The molecule has 1 aliphatic rings. The number of carbonyl (C=O) groups is 1. The highest BCUT2D eigenvalue weighted by Gasteiger charge is 2.36. The molecule has 1 amide bonds. The molecule has 0 radical (unpaired) electrons. The van der Waals surface area contributed by atoms with Gasteiger partial charge in [0.2, 0.25) is 5.91 Å². The standard InChI is InChI=1S/C22H27NO2/c1-22(2,19-11-7-4-8-12-19)21(25)23-15-13-18(14-16-23)20(24)17-9-5-3-6-10-17/h3-12,18,20,24H,13-16H2,1-2H3. The van der Waals surface area contributed by atoms with Crippen molar-refractivity contribution in [2.24, 2.45) is 5.92 Å². The van der Waals surface area contributed by atoms with Crippen LogP contribution in [0.1, 0.15) is 43.9 Å². The van der Waals surface area contributed by atoms with E-state index >= 15 is 0 Å². The molecule has 25 heavy (non-hydrogen) atoms. The maximum absolute atomic E-state index is 13.0. The molecule has 0 aromatic heterocycles. The van der Waals surface area contributed by atoms with Crippen molar-refractivity contribution in [1.82, 2.24) is 4.90 Å². The van der Waals surface area contributed by atoms with Gasteiger partial charge in [-0.3, -0.25) is 4.79 Å². The highest BCUT2D eigenvalue weighted by atomic mass is 16.3. The van der Waals surface area contributed by atoms with Crippen LogP contribution in [0.3, 0.4) is 0 Å². The lowest BCUT2D eigenvalue weighted by molar-refractivity contribution is -0.138.